The van der Waals surface area contributed by atoms with Crippen LogP contribution in [0.1, 0.15) is 53.4 Å². The van der Waals surface area contributed by atoms with Crippen LogP contribution in [0.15, 0.2) is 42.5 Å². The number of hydrogen-bond donors (Lipinski definition) is 3. The van der Waals surface area contributed by atoms with Crippen molar-refractivity contribution in [1.29, 1.82) is 0 Å². The number of ether oxygens (including phenoxy) is 1. The molecule has 3 N–H and O–H groups in total. The predicted molar refractivity (Wildman–Crippen MR) is 144 cm³/mol. The van der Waals surface area contributed by atoms with E-state index in [1.807, 2.05) is 6.08 Å². The lowest BCUT2D eigenvalue weighted by molar-refractivity contribution is -0.142. The first kappa shape index (κ1) is 24.8. The fourth-order valence-electron chi connectivity index (χ4n) is 5.10. The van der Waals surface area contributed by atoms with E-state index in [-0.39, 0.29) is 5.91 Å². The molecular weight excluding hydrogens is 468 g/mol. The Kier molecular flexibility index (Phi) is 7.10. The summed E-state index contributed by atoms with van der Waals surface area (Å²) in [7, 11) is 1.27. The number of anilines is 1. The highest BCUT2D eigenvalue weighted by molar-refractivity contribution is 6.35. The lowest BCUT2D eigenvalue weighted by Gasteiger charge is -2.13. The SMILES string of the molecule is COC(=O)C(C)NC(=O)c1ccc2c(c1)NC(=O)/C2=C\c1cc2cc(CCCN3CCCC3)ccc2[nH]1. The Bertz CT molecular complexity index is 1380. The normalized spacial score (nSPS) is 17.1. The third-order valence-electron chi connectivity index (χ3n) is 7.11. The molecule has 1 unspecified atom stereocenters. The van der Waals surface area contributed by atoms with E-state index in [0.29, 0.717) is 16.8 Å². The lowest BCUT2D eigenvalue weighted by atomic mass is 10.0. The second-order valence-corrected chi connectivity index (χ2v) is 9.79. The number of likely N-dealkylation sites (tertiary alicyclic amines) is 1. The van der Waals surface area contributed by atoms with Crippen molar-refractivity contribution in [2.75, 3.05) is 32.1 Å². The molecule has 2 aliphatic heterocycles. The Morgan fingerprint density at radius 2 is 1.95 bits per heavy atom. The van der Waals surface area contributed by atoms with Crippen molar-refractivity contribution in [3.8, 4) is 0 Å². The molecule has 8 heteroatoms. The molecule has 2 amide bonds. The van der Waals surface area contributed by atoms with Crippen LogP contribution in [-0.2, 0) is 20.7 Å². The molecule has 2 aliphatic rings. The van der Waals surface area contributed by atoms with Crippen LogP contribution < -0.4 is 10.6 Å². The molecule has 1 aromatic heterocycles. The number of carbonyl (C=O) groups is 3. The van der Waals surface area contributed by atoms with Gasteiger partial charge in [0.15, 0.2) is 0 Å². The molecule has 1 fully saturated rings. The van der Waals surface area contributed by atoms with E-state index in [9.17, 15) is 14.4 Å². The first-order chi connectivity index (χ1) is 17.9. The Labute approximate surface area is 216 Å². The number of nitrogens with zero attached hydrogens (tertiary/aromatic N) is 1. The molecule has 37 heavy (non-hydrogen) atoms. The highest BCUT2D eigenvalue weighted by Gasteiger charge is 2.26. The fourth-order valence-corrected chi connectivity index (χ4v) is 5.10. The Balaban J connectivity index is 1.30. The van der Waals surface area contributed by atoms with E-state index >= 15 is 0 Å². The smallest absolute Gasteiger partial charge is 0.328 e. The lowest BCUT2D eigenvalue weighted by Crippen LogP contribution is -2.39. The van der Waals surface area contributed by atoms with Crippen LogP contribution in [-0.4, -0.2) is 60.5 Å². The summed E-state index contributed by atoms with van der Waals surface area (Å²) in [5.41, 5.74) is 5.36. The highest BCUT2D eigenvalue weighted by atomic mass is 16.5. The largest absolute Gasteiger partial charge is 0.467 e. The van der Waals surface area contributed by atoms with Gasteiger partial charge in [-0.15, -0.1) is 0 Å². The summed E-state index contributed by atoms with van der Waals surface area (Å²) >= 11 is 0. The maximum Gasteiger partial charge on any atom is 0.328 e. The monoisotopic (exact) mass is 500 g/mol. The molecule has 1 atom stereocenters. The molecule has 0 spiro atoms. The molecule has 192 valence electrons. The van der Waals surface area contributed by atoms with E-state index in [4.69, 9.17) is 0 Å². The zero-order chi connectivity index (χ0) is 25.9. The summed E-state index contributed by atoms with van der Waals surface area (Å²) in [6.07, 6.45) is 6.70. The molecule has 0 saturated carbocycles. The minimum Gasteiger partial charge on any atom is -0.467 e. The number of methoxy groups -OCH3 is 1. The number of esters is 1. The van der Waals surface area contributed by atoms with Gasteiger partial charge in [-0.05, 0) is 94.2 Å². The van der Waals surface area contributed by atoms with Crippen molar-refractivity contribution >= 4 is 46.0 Å². The number of aryl methyl sites for hydroxylation is 1. The van der Waals surface area contributed by atoms with Crippen molar-refractivity contribution in [2.45, 2.75) is 38.6 Å². The average molecular weight is 501 g/mol. The molecule has 1 saturated heterocycles. The predicted octanol–water partition coefficient (Wildman–Crippen LogP) is 3.98. The van der Waals surface area contributed by atoms with E-state index in [1.54, 1.807) is 25.1 Å². The van der Waals surface area contributed by atoms with Crippen LogP contribution >= 0.6 is 0 Å². The zero-order valence-electron chi connectivity index (χ0n) is 21.2. The van der Waals surface area contributed by atoms with Crippen molar-refractivity contribution in [2.24, 2.45) is 0 Å². The van der Waals surface area contributed by atoms with Crippen molar-refractivity contribution < 1.29 is 19.1 Å². The fraction of sp³-hybridized carbons (Fsp3) is 0.345. The number of H-pyrrole nitrogens is 1. The molecule has 3 heterocycles. The molecule has 0 aliphatic carbocycles. The third kappa shape index (κ3) is 5.44. The van der Waals surface area contributed by atoms with Gasteiger partial charge in [-0.2, -0.15) is 0 Å². The molecule has 5 rings (SSSR count). The topological polar surface area (TPSA) is 104 Å². The number of hydrogen-bond acceptors (Lipinski definition) is 5. The quantitative estimate of drug-likeness (QED) is 0.321. The summed E-state index contributed by atoms with van der Waals surface area (Å²) in [5, 5.41) is 6.56. The number of nitrogens with one attached hydrogen (secondary N) is 3. The highest BCUT2D eigenvalue weighted by Crippen LogP contribution is 2.34. The number of aromatic amines is 1. The third-order valence-corrected chi connectivity index (χ3v) is 7.11. The van der Waals surface area contributed by atoms with Crippen LogP contribution in [0.5, 0.6) is 0 Å². The Hall–Kier alpha value is -3.91. The minimum absolute atomic E-state index is 0.225. The molecule has 0 bridgehead atoms. The number of aromatic nitrogens is 1. The summed E-state index contributed by atoms with van der Waals surface area (Å²) < 4.78 is 4.65. The van der Waals surface area contributed by atoms with Crippen LogP contribution in [0, 0.1) is 0 Å². The van der Waals surface area contributed by atoms with Crippen molar-refractivity contribution in [1.82, 2.24) is 15.2 Å². The van der Waals surface area contributed by atoms with Gasteiger partial charge in [0.1, 0.15) is 6.04 Å². The van der Waals surface area contributed by atoms with E-state index in [2.05, 4.69) is 49.5 Å². The molecular formula is C29H32N4O4. The van der Waals surface area contributed by atoms with Gasteiger partial charge in [0.25, 0.3) is 11.8 Å². The maximum absolute atomic E-state index is 12.8. The van der Waals surface area contributed by atoms with Gasteiger partial charge in [0.2, 0.25) is 0 Å². The average Bonchev–Trinajstić information content (AvgIpc) is 3.62. The Morgan fingerprint density at radius 1 is 1.14 bits per heavy atom. The first-order valence-electron chi connectivity index (χ1n) is 12.8. The zero-order valence-corrected chi connectivity index (χ0v) is 21.2. The van der Waals surface area contributed by atoms with Gasteiger partial charge in [-0.3, -0.25) is 9.59 Å². The number of amides is 2. The standard InChI is InChI=1S/C29H32N4O4/c1-18(29(36)37-2)30-27(34)20-8-9-23-24(28(35)32-26(23)16-20)17-22-15-21-14-19(7-10-25(21)31-22)6-5-13-33-11-3-4-12-33/h7-10,14-18,31H,3-6,11-13H2,1-2H3,(H,30,34)(H,32,35)/b24-17-. The number of rotatable bonds is 8. The van der Waals surface area contributed by atoms with Gasteiger partial charge in [-0.1, -0.05) is 12.1 Å². The number of carbonyl (C=O) groups excluding carboxylic acids is 3. The van der Waals surface area contributed by atoms with Gasteiger partial charge in [0, 0.05) is 33.4 Å². The number of benzene rings is 2. The maximum atomic E-state index is 12.8. The second kappa shape index (κ2) is 10.6. The summed E-state index contributed by atoms with van der Waals surface area (Å²) in [5.74, 6) is -1.17. The second-order valence-electron chi connectivity index (χ2n) is 9.79. The van der Waals surface area contributed by atoms with E-state index in [1.165, 1.54) is 38.6 Å². The van der Waals surface area contributed by atoms with Crippen molar-refractivity contribution in [3.05, 3.63) is 64.8 Å². The van der Waals surface area contributed by atoms with Crippen LogP contribution in [0.4, 0.5) is 5.69 Å². The van der Waals surface area contributed by atoms with Crippen molar-refractivity contribution in [3.63, 3.8) is 0 Å². The van der Waals surface area contributed by atoms with Gasteiger partial charge in [-0.25, -0.2) is 4.79 Å². The van der Waals surface area contributed by atoms with Gasteiger partial charge in [0.05, 0.1) is 12.7 Å². The van der Waals surface area contributed by atoms with Gasteiger partial charge >= 0.3 is 5.97 Å². The first-order valence-corrected chi connectivity index (χ1v) is 12.8. The van der Waals surface area contributed by atoms with Crippen LogP contribution in [0.3, 0.4) is 0 Å². The van der Waals surface area contributed by atoms with Crippen LogP contribution in [0.2, 0.25) is 0 Å². The van der Waals surface area contributed by atoms with Gasteiger partial charge < -0.3 is 25.3 Å². The number of fused-ring (bicyclic) bond motifs is 2. The van der Waals surface area contributed by atoms with E-state index in [0.717, 1.165) is 41.5 Å². The van der Waals surface area contributed by atoms with E-state index < -0.39 is 17.9 Å². The molecule has 8 nitrogen and oxygen atoms in total. The summed E-state index contributed by atoms with van der Waals surface area (Å²) in [4.78, 5) is 42.8. The Morgan fingerprint density at radius 3 is 2.73 bits per heavy atom. The molecule has 3 aromatic rings. The molecule has 2 aromatic carbocycles. The minimum atomic E-state index is -0.775. The molecule has 0 radical (unpaired) electrons. The summed E-state index contributed by atoms with van der Waals surface area (Å²) in [6.45, 7) is 5.17. The summed E-state index contributed by atoms with van der Waals surface area (Å²) in [6, 6.07) is 12.8. The van der Waals surface area contributed by atoms with Crippen LogP contribution in [0.25, 0.3) is 22.6 Å².